The SMILES string of the molecule is O=C(O)CCc1cccc(O)c1C(=O)O. The molecule has 0 bridgehead atoms. The van der Waals surface area contributed by atoms with Crippen LogP contribution in [-0.4, -0.2) is 27.3 Å². The molecule has 0 amide bonds. The van der Waals surface area contributed by atoms with E-state index in [1.165, 1.54) is 18.2 Å². The minimum atomic E-state index is -1.26. The van der Waals surface area contributed by atoms with Gasteiger partial charge in [-0.2, -0.15) is 0 Å². The summed E-state index contributed by atoms with van der Waals surface area (Å²) in [6.45, 7) is 0. The highest BCUT2D eigenvalue weighted by Gasteiger charge is 2.15. The maximum atomic E-state index is 10.8. The van der Waals surface area contributed by atoms with Crippen LogP contribution in [0.5, 0.6) is 5.75 Å². The van der Waals surface area contributed by atoms with E-state index in [0.29, 0.717) is 5.56 Å². The molecule has 0 aliphatic rings. The van der Waals surface area contributed by atoms with Gasteiger partial charge in [0, 0.05) is 6.42 Å². The van der Waals surface area contributed by atoms with Gasteiger partial charge in [-0.15, -0.1) is 0 Å². The molecule has 5 nitrogen and oxygen atoms in total. The van der Waals surface area contributed by atoms with Crippen LogP contribution in [0.3, 0.4) is 0 Å². The summed E-state index contributed by atoms with van der Waals surface area (Å²) in [5.41, 5.74) is 0.101. The quantitative estimate of drug-likeness (QED) is 0.691. The monoisotopic (exact) mass is 210 g/mol. The molecule has 0 saturated heterocycles. The number of phenols is 1. The number of carboxylic acids is 2. The Hall–Kier alpha value is -2.04. The normalized spacial score (nSPS) is 9.87. The van der Waals surface area contributed by atoms with Crippen LogP contribution < -0.4 is 0 Å². The van der Waals surface area contributed by atoms with E-state index in [-0.39, 0.29) is 24.2 Å². The highest BCUT2D eigenvalue weighted by atomic mass is 16.4. The Kier molecular flexibility index (Phi) is 3.28. The summed E-state index contributed by atoms with van der Waals surface area (Å²) in [7, 11) is 0. The second-order valence-corrected chi connectivity index (χ2v) is 3.01. The average Bonchev–Trinajstić information content (AvgIpc) is 2.13. The molecule has 1 rings (SSSR count). The fraction of sp³-hybridized carbons (Fsp3) is 0.200. The zero-order valence-corrected chi connectivity index (χ0v) is 7.80. The van der Waals surface area contributed by atoms with Gasteiger partial charge in [0.2, 0.25) is 0 Å². The molecule has 0 saturated carbocycles. The number of aryl methyl sites for hydroxylation is 1. The summed E-state index contributed by atoms with van der Waals surface area (Å²) < 4.78 is 0. The number of aliphatic carboxylic acids is 1. The van der Waals surface area contributed by atoms with Gasteiger partial charge in [-0.05, 0) is 18.1 Å². The van der Waals surface area contributed by atoms with Crippen molar-refractivity contribution in [1.82, 2.24) is 0 Å². The number of benzene rings is 1. The molecule has 5 heteroatoms. The molecule has 0 aliphatic heterocycles. The van der Waals surface area contributed by atoms with E-state index >= 15 is 0 Å². The zero-order chi connectivity index (χ0) is 11.4. The van der Waals surface area contributed by atoms with Crippen LogP contribution in [0.4, 0.5) is 0 Å². The summed E-state index contributed by atoms with van der Waals surface area (Å²) in [5.74, 6) is -2.60. The van der Waals surface area contributed by atoms with Crippen molar-refractivity contribution in [2.24, 2.45) is 0 Å². The highest BCUT2D eigenvalue weighted by molar-refractivity contribution is 5.92. The van der Waals surface area contributed by atoms with Crippen LogP contribution in [0, 0.1) is 0 Å². The fourth-order valence-electron chi connectivity index (χ4n) is 1.28. The molecule has 0 radical (unpaired) electrons. The lowest BCUT2D eigenvalue weighted by Gasteiger charge is -2.05. The molecule has 3 N–H and O–H groups in total. The lowest BCUT2D eigenvalue weighted by atomic mass is 10.0. The van der Waals surface area contributed by atoms with Gasteiger partial charge in [-0.25, -0.2) is 4.79 Å². The van der Waals surface area contributed by atoms with Gasteiger partial charge in [0.1, 0.15) is 11.3 Å². The number of carboxylic acid groups (broad SMARTS) is 2. The molecule has 0 aliphatic carbocycles. The summed E-state index contributed by atoms with van der Waals surface area (Å²) in [5, 5.41) is 26.6. The molecule has 80 valence electrons. The van der Waals surface area contributed by atoms with E-state index in [2.05, 4.69) is 0 Å². The van der Waals surface area contributed by atoms with Crippen LogP contribution in [0.25, 0.3) is 0 Å². The van der Waals surface area contributed by atoms with Gasteiger partial charge < -0.3 is 15.3 Å². The first-order valence-corrected chi connectivity index (χ1v) is 4.28. The molecule has 1 aromatic rings. The third kappa shape index (κ3) is 2.70. The maximum Gasteiger partial charge on any atom is 0.339 e. The number of aromatic carboxylic acids is 1. The second-order valence-electron chi connectivity index (χ2n) is 3.01. The topological polar surface area (TPSA) is 94.8 Å². The van der Waals surface area contributed by atoms with Crippen molar-refractivity contribution in [2.45, 2.75) is 12.8 Å². The number of hydrogen-bond acceptors (Lipinski definition) is 3. The van der Waals surface area contributed by atoms with Crippen LogP contribution in [0.1, 0.15) is 22.3 Å². The van der Waals surface area contributed by atoms with Gasteiger partial charge in [0.15, 0.2) is 0 Å². The smallest absolute Gasteiger partial charge is 0.339 e. The molecule has 0 fully saturated rings. The Bertz CT molecular complexity index is 397. The third-order valence-electron chi connectivity index (χ3n) is 1.95. The Morgan fingerprint density at radius 2 is 1.87 bits per heavy atom. The number of carbonyl (C=O) groups is 2. The highest BCUT2D eigenvalue weighted by Crippen LogP contribution is 2.22. The first-order chi connectivity index (χ1) is 7.02. The van der Waals surface area contributed by atoms with Crippen LogP contribution >= 0.6 is 0 Å². The molecular weight excluding hydrogens is 200 g/mol. The van der Waals surface area contributed by atoms with Crippen LogP contribution in [0.15, 0.2) is 18.2 Å². The van der Waals surface area contributed by atoms with E-state index in [1.807, 2.05) is 0 Å². The number of aromatic hydroxyl groups is 1. The number of hydrogen-bond donors (Lipinski definition) is 3. The lowest BCUT2D eigenvalue weighted by molar-refractivity contribution is -0.136. The van der Waals surface area contributed by atoms with Crippen molar-refractivity contribution in [1.29, 1.82) is 0 Å². The standard InChI is InChI=1S/C10H10O5/c11-7-3-1-2-6(4-5-8(12)13)9(7)10(14)15/h1-3,11H,4-5H2,(H,12,13)(H,14,15). The van der Waals surface area contributed by atoms with Gasteiger partial charge in [0.25, 0.3) is 0 Å². The largest absolute Gasteiger partial charge is 0.507 e. The first kappa shape index (κ1) is 11.0. The second kappa shape index (κ2) is 4.45. The first-order valence-electron chi connectivity index (χ1n) is 4.28. The predicted octanol–water partition coefficient (Wildman–Crippen LogP) is 1.11. The zero-order valence-electron chi connectivity index (χ0n) is 7.80. The maximum absolute atomic E-state index is 10.8. The van der Waals surface area contributed by atoms with E-state index in [9.17, 15) is 14.7 Å². The summed E-state index contributed by atoms with van der Waals surface area (Å²) >= 11 is 0. The number of rotatable bonds is 4. The van der Waals surface area contributed by atoms with Crippen molar-refractivity contribution in [3.63, 3.8) is 0 Å². The average molecular weight is 210 g/mol. The fourth-order valence-corrected chi connectivity index (χ4v) is 1.28. The molecule has 1 aromatic carbocycles. The van der Waals surface area contributed by atoms with E-state index < -0.39 is 11.9 Å². The summed E-state index contributed by atoms with van der Waals surface area (Å²) in [6.07, 6.45) is -0.0743. The van der Waals surface area contributed by atoms with Crippen molar-refractivity contribution < 1.29 is 24.9 Å². The van der Waals surface area contributed by atoms with Crippen LogP contribution in [0.2, 0.25) is 0 Å². The third-order valence-corrected chi connectivity index (χ3v) is 1.95. The van der Waals surface area contributed by atoms with E-state index in [0.717, 1.165) is 0 Å². The molecule has 0 heterocycles. The molecule has 0 spiro atoms. The molecule has 15 heavy (non-hydrogen) atoms. The van der Waals surface area contributed by atoms with Gasteiger partial charge >= 0.3 is 11.9 Å². The molecule has 0 atom stereocenters. The van der Waals surface area contributed by atoms with Crippen LogP contribution in [-0.2, 0) is 11.2 Å². The summed E-state index contributed by atoms with van der Waals surface area (Å²) in [6, 6.07) is 4.23. The van der Waals surface area contributed by atoms with Gasteiger partial charge in [-0.3, -0.25) is 4.79 Å². The van der Waals surface area contributed by atoms with Crippen molar-refractivity contribution in [3.8, 4) is 5.75 Å². The van der Waals surface area contributed by atoms with Gasteiger partial charge in [-0.1, -0.05) is 12.1 Å². The van der Waals surface area contributed by atoms with Crippen molar-refractivity contribution in [2.75, 3.05) is 0 Å². The molecule has 0 unspecified atom stereocenters. The molecular formula is C10H10O5. The lowest BCUT2D eigenvalue weighted by Crippen LogP contribution is -2.05. The predicted molar refractivity (Wildman–Crippen MR) is 51.0 cm³/mol. The minimum Gasteiger partial charge on any atom is -0.507 e. The summed E-state index contributed by atoms with van der Waals surface area (Å²) in [4.78, 5) is 21.1. The Morgan fingerprint density at radius 3 is 2.40 bits per heavy atom. The Labute approximate surface area is 85.6 Å². The Morgan fingerprint density at radius 1 is 1.20 bits per heavy atom. The molecule has 0 aromatic heterocycles. The van der Waals surface area contributed by atoms with Gasteiger partial charge in [0.05, 0.1) is 0 Å². The van der Waals surface area contributed by atoms with Crippen molar-refractivity contribution >= 4 is 11.9 Å². The minimum absolute atomic E-state index is 0.0887. The van der Waals surface area contributed by atoms with E-state index in [1.54, 1.807) is 0 Å². The Balaban J connectivity index is 3.01. The van der Waals surface area contributed by atoms with Crippen molar-refractivity contribution in [3.05, 3.63) is 29.3 Å². The van der Waals surface area contributed by atoms with E-state index in [4.69, 9.17) is 10.2 Å².